The van der Waals surface area contributed by atoms with Gasteiger partial charge in [-0.05, 0) is 24.6 Å². The van der Waals surface area contributed by atoms with Crippen LogP contribution in [0.3, 0.4) is 0 Å². The summed E-state index contributed by atoms with van der Waals surface area (Å²) in [6, 6.07) is 6.80. The summed E-state index contributed by atoms with van der Waals surface area (Å²) in [5, 5.41) is 2.69. The number of hydrogen-bond acceptors (Lipinski definition) is 3. The van der Waals surface area contributed by atoms with Crippen LogP contribution in [0.4, 0.5) is 10.1 Å². The van der Waals surface area contributed by atoms with Gasteiger partial charge in [0.15, 0.2) is 0 Å². The van der Waals surface area contributed by atoms with Gasteiger partial charge in [-0.15, -0.1) is 0 Å². The van der Waals surface area contributed by atoms with Gasteiger partial charge in [0.2, 0.25) is 0 Å². The van der Waals surface area contributed by atoms with E-state index in [-0.39, 0.29) is 22.2 Å². The molecule has 2 heterocycles. The Morgan fingerprint density at radius 1 is 1.27 bits per heavy atom. The van der Waals surface area contributed by atoms with Gasteiger partial charge in [-0.3, -0.25) is 9.52 Å². The first-order valence-corrected chi connectivity index (χ1v) is 8.21. The van der Waals surface area contributed by atoms with Crippen LogP contribution in [0.5, 0.6) is 0 Å². The molecule has 0 saturated carbocycles. The lowest BCUT2D eigenvalue weighted by Gasteiger charge is -2.07. The van der Waals surface area contributed by atoms with E-state index in [4.69, 9.17) is 0 Å². The molecule has 1 amide bonds. The predicted molar refractivity (Wildman–Crippen MR) is 78.6 cm³/mol. The topological polar surface area (TPSA) is 80.2 Å². The Kier molecular flexibility index (Phi) is 3.61. The van der Waals surface area contributed by atoms with E-state index in [0.29, 0.717) is 19.5 Å². The molecule has 0 atom stereocenters. The van der Waals surface area contributed by atoms with E-state index in [0.717, 1.165) is 0 Å². The lowest BCUT2D eigenvalue weighted by Crippen LogP contribution is -2.22. The predicted octanol–water partition coefficient (Wildman–Crippen LogP) is 1.56. The Labute approximate surface area is 127 Å². The fraction of sp³-hybridized carbons (Fsp3) is 0.214. The Balaban J connectivity index is 1.95. The lowest BCUT2D eigenvalue weighted by molar-refractivity contribution is 0.0951. The number of hydrogen-bond donors (Lipinski definition) is 2. The number of nitrogens with one attached hydrogen (secondary N) is 2. The van der Waals surface area contributed by atoms with Crippen molar-refractivity contribution in [3.8, 4) is 0 Å². The third kappa shape index (κ3) is 2.69. The second-order valence-electron chi connectivity index (χ2n) is 4.95. The van der Waals surface area contributed by atoms with Crippen LogP contribution in [0.2, 0.25) is 0 Å². The summed E-state index contributed by atoms with van der Waals surface area (Å²) >= 11 is 0. The minimum atomic E-state index is -3.96. The summed E-state index contributed by atoms with van der Waals surface area (Å²) in [5.74, 6) is -0.977. The molecule has 0 saturated heterocycles. The van der Waals surface area contributed by atoms with Gasteiger partial charge in [-0.2, -0.15) is 0 Å². The molecule has 8 heteroatoms. The van der Waals surface area contributed by atoms with Crippen LogP contribution < -0.4 is 10.0 Å². The quantitative estimate of drug-likeness (QED) is 0.899. The molecule has 1 aromatic carbocycles. The van der Waals surface area contributed by atoms with Gasteiger partial charge in [0, 0.05) is 19.3 Å². The zero-order chi connectivity index (χ0) is 15.7. The normalized spacial score (nSPS) is 14.9. The SMILES string of the molecule is O=C1NCCCn2cc(S(=O)(=O)Nc3ccccc3F)cc21. The lowest BCUT2D eigenvalue weighted by atomic mass is 10.3. The molecule has 3 rings (SSSR count). The molecular formula is C14H14FN3O3S. The van der Waals surface area contributed by atoms with Gasteiger partial charge in [0.1, 0.15) is 16.4 Å². The number of rotatable bonds is 3. The first-order chi connectivity index (χ1) is 10.5. The van der Waals surface area contributed by atoms with E-state index in [9.17, 15) is 17.6 Å². The Morgan fingerprint density at radius 3 is 2.82 bits per heavy atom. The molecule has 0 radical (unpaired) electrons. The van der Waals surface area contributed by atoms with Crippen molar-refractivity contribution in [2.75, 3.05) is 11.3 Å². The Hall–Kier alpha value is -2.35. The van der Waals surface area contributed by atoms with Crippen molar-refractivity contribution in [1.82, 2.24) is 9.88 Å². The summed E-state index contributed by atoms with van der Waals surface area (Å²) in [4.78, 5) is 11.8. The van der Waals surface area contributed by atoms with Crippen LogP contribution in [-0.2, 0) is 16.6 Å². The Morgan fingerprint density at radius 2 is 2.05 bits per heavy atom. The molecule has 6 nitrogen and oxygen atoms in total. The molecule has 1 aromatic heterocycles. The highest BCUT2D eigenvalue weighted by molar-refractivity contribution is 7.92. The fourth-order valence-corrected chi connectivity index (χ4v) is 3.40. The van der Waals surface area contributed by atoms with Crippen molar-refractivity contribution in [3.63, 3.8) is 0 Å². The minimum absolute atomic E-state index is 0.0668. The number of amides is 1. The standard InChI is InChI=1S/C14H14FN3O3S/c15-11-4-1-2-5-12(11)17-22(20,21)10-8-13-14(19)16-6-3-7-18(13)9-10/h1-2,4-5,8-9,17H,3,6-7H2,(H,16,19). The van der Waals surface area contributed by atoms with Crippen LogP contribution >= 0.6 is 0 Å². The van der Waals surface area contributed by atoms with Crippen molar-refractivity contribution in [3.05, 3.63) is 48.0 Å². The van der Waals surface area contributed by atoms with Crippen molar-refractivity contribution in [2.45, 2.75) is 17.9 Å². The summed E-state index contributed by atoms with van der Waals surface area (Å²) in [5.41, 5.74) is 0.153. The average molecular weight is 323 g/mol. The monoisotopic (exact) mass is 323 g/mol. The minimum Gasteiger partial charge on any atom is -0.351 e. The van der Waals surface area contributed by atoms with Crippen LogP contribution in [0.15, 0.2) is 41.4 Å². The number of aryl methyl sites for hydroxylation is 1. The van der Waals surface area contributed by atoms with Crippen molar-refractivity contribution in [1.29, 1.82) is 0 Å². The van der Waals surface area contributed by atoms with Gasteiger partial charge in [0.25, 0.3) is 15.9 Å². The van der Waals surface area contributed by atoms with Gasteiger partial charge in [-0.25, -0.2) is 12.8 Å². The fourth-order valence-electron chi connectivity index (χ4n) is 2.30. The molecule has 0 unspecified atom stereocenters. The van der Waals surface area contributed by atoms with Crippen LogP contribution in [0.1, 0.15) is 16.9 Å². The van der Waals surface area contributed by atoms with E-state index >= 15 is 0 Å². The average Bonchev–Trinajstić information content (AvgIpc) is 2.84. The molecular weight excluding hydrogens is 309 g/mol. The second kappa shape index (κ2) is 5.45. The maximum absolute atomic E-state index is 13.6. The third-order valence-corrected chi connectivity index (χ3v) is 4.73. The van der Waals surface area contributed by atoms with Gasteiger partial charge < -0.3 is 9.88 Å². The zero-order valence-corrected chi connectivity index (χ0v) is 12.4. The molecule has 0 fully saturated rings. The van der Waals surface area contributed by atoms with Gasteiger partial charge >= 0.3 is 0 Å². The van der Waals surface area contributed by atoms with Crippen LogP contribution in [-0.4, -0.2) is 25.4 Å². The van der Waals surface area contributed by atoms with Gasteiger partial charge in [0.05, 0.1) is 5.69 Å². The maximum atomic E-state index is 13.6. The summed E-state index contributed by atoms with van der Waals surface area (Å²) in [6.45, 7) is 1.10. The van der Waals surface area contributed by atoms with Crippen molar-refractivity contribution in [2.24, 2.45) is 0 Å². The van der Waals surface area contributed by atoms with E-state index < -0.39 is 15.8 Å². The number of carbonyl (C=O) groups excluding carboxylic acids is 1. The largest absolute Gasteiger partial charge is 0.351 e. The number of carbonyl (C=O) groups is 1. The number of aromatic nitrogens is 1. The van der Waals surface area contributed by atoms with Crippen LogP contribution in [0, 0.1) is 5.82 Å². The highest BCUT2D eigenvalue weighted by atomic mass is 32.2. The molecule has 2 N–H and O–H groups in total. The molecule has 2 aromatic rings. The first-order valence-electron chi connectivity index (χ1n) is 6.73. The number of anilines is 1. The molecule has 0 aliphatic carbocycles. The molecule has 0 bridgehead atoms. The summed E-state index contributed by atoms with van der Waals surface area (Å²) in [6.07, 6.45) is 2.11. The molecule has 0 spiro atoms. The highest BCUT2D eigenvalue weighted by Crippen LogP contribution is 2.21. The molecule has 1 aliphatic heterocycles. The first kappa shape index (κ1) is 14.6. The van der Waals surface area contributed by atoms with E-state index in [1.165, 1.54) is 36.5 Å². The number of fused-ring (bicyclic) bond motifs is 1. The molecule has 22 heavy (non-hydrogen) atoms. The smallest absolute Gasteiger partial charge is 0.267 e. The highest BCUT2D eigenvalue weighted by Gasteiger charge is 2.23. The van der Waals surface area contributed by atoms with Crippen molar-refractivity contribution >= 4 is 21.6 Å². The van der Waals surface area contributed by atoms with E-state index in [1.54, 1.807) is 4.57 Å². The number of para-hydroxylation sites is 1. The zero-order valence-electron chi connectivity index (χ0n) is 11.5. The van der Waals surface area contributed by atoms with Gasteiger partial charge in [-0.1, -0.05) is 12.1 Å². The number of benzene rings is 1. The third-order valence-electron chi connectivity index (χ3n) is 3.39. The van der Waals surface area contributed by atoms with E-state index in [1.807, 2.05) is 0 Å². The van der Waals surface area contributed by atoms with E-state index in [2.05, 4.69) is 10.0 Å². The molecule has 1 aliphatic rings. The molecule has 116 valence electrons. The summed E-state index contributed by atoms with van der Waals surface area (Å²) in [7, 11) is -3.96. The second-order valence-corrected chi connectivity index (χ2v) is 6.63. The van der Waals surface area contributed by atoms with Crippen LogP contribution in [0.25, 0.3) is 0 Å². The summed E-state index contributed by atoms with van der Waals surface area (Å²) < 4.78 is 42.1. The Bertz CT molecular complexity index is 830. The number of halogens is 1. The number of nitrogens with zero attached hydrogens (tertiary/aromatic N) is 1. The van der Waals surface area contributed by atoms with Crippen molar-refractivity contribution < 1.29 is 17.6 Å². The number of sulfonamides is 1. The maximum Gasteiger partial charge on any atom is 0.267 e.